The second kappa shape index (κ2) is 5.66. The second-order valence-corrected chi connectivity index (χ2v) is 5.18. The number of hydrogen-bond acceptors (Lipinski definition) is 3. The lowest BCUT2D eigenvalue weighted by molar-refractivity contribution is 0.415. The molecule has 0 unspecified atom stereocenters. The number of benzene rings is 2. The first-order valence-electron chi connectivity index (χ1n) is 6.67. The van der Waals surface area contributed by atoms with Crippen molar-refractivity contribution in [1.82, 2.24) is 9.55 Å². The van der Waals surface area contributed by atoms with Gasteiger partial charge in [0.1, 0.15) is 11.6 Å². The molecule has 0 atom stereocenters. The number of ether oxygens (including phenoxy) is 1. The molecular weight excluding hydrogens is 286 g/mol. The van der Waals surface area contributed by atoms with Gasteiger partial charge in [-0.3, -0.25) is 0 Å². The highest BCUT2D eigenvalue weighted by Gasteiger charge is 2.08. The zero-order valence-corrected chi connectivity index (χ0v) is 12.7. The predicted octanol–water partition coefficient (Wildman–Crippen LogP) is 3.85. The van der Waals surface area contributed by atoms with Crippen LogP contribution in [0.5, 0.6) is 5.75 Å². The van der Waals surface area contributed by atoms with Crippen molar-refractivity contribution in [1.29, 1.82) is 0 Å². The Balaban J connectivity index is 1.85. The number of rotatable bonds is 4. The first-order chi connectivity index (χ1) is 10.2. The Morgan fingerprint density at radius 3 is 2.81 bits per heavy atom. The van der Waals surface area contributed by atoms with Crippen LogP contribution in [-0.4, -0.2) is 16.7 Å². The molecule has 1 aromatic heterocycles. The number of fused-ring (bicyclic) bond motifs is 1. The van der Waals surface area contributed by atoms with Gasteiger partial charge in [0, 0.05) is 13.1 Å². The first-order valence-corrected chi connectivity index (χ1v) is 7.04. The molecule has 1 N–H and O–H groups in total. The van der Waals surface area contributed by atoms with Crippen LogP contribution in [0, 0.1) is 0 Å². The van der Waals surface area contributed by atoms with Crippen LogP contribution in [0.2, 0.25) is 5.02 Å². The molecule has 108 valence electrons. The number of nitrogens with one attached hydrogen (secondary N) is 1. The van der Waals surface area contributed by atoms with E-state index >= 15 is 0 Å². The van der Waals surface area contributed by atoms with Gasteiger partial charge in [0.05, 0.1) is 35.4 Å². The van der Waals surface area contributed by atoms with E-state index in [1.165, 1.54) is 0 Å². The van der Waals surface area contributed by atoms with Gasteiger partial charge in [0.15, 0.2) is 0 Å². The lowest BCUT2D eigenvalue weighted by Gasteiger charge is -2.10. The van der Waals surface area contributed by atoms with Gasteiger partial charge < -0.3 is 14.6 Å². The number of aromatic nitrogens is 2. The summed E-state index contributed by atoms with van der Waals surface area (Å²) < 4.78 is 7.29. The molecule has 0 amide bonds. The minimum absolute atomic E-state index is 0.595. The molecule has 0 aliphatic rings. The summed E-state index contributed by atoms with van der Waals surface area (Å²) in [7, 11) is 3.65. The molecule has 0 saturated carbocycles. The minimum Gasteiger partial charge on any atom is -0.497 e. The normalized spacial score (nSPS) is 10.8. The van der Waals surface area contributed by atoms with Crippen molar-refractivity contribution >= 4 is 28.3 Å². The number of hydrogen-bond donors (Lipinski definition) is 1. The van der Waals surface area contributed by atoms with Crippen molar-refractivity contribution in [3.8, 4) is 5.75 Å². The highest BCUT2D eigenvalue weighted by molar-refractivity contribution is 6.33. The number of methoxy groups -OCH3 is 1. The Bertz CT molecular complexity index is 782. The Morgan fingerprint density at radius 2 is 2.05 bits per heavy atom. The van der Waals surface area contributed by atoms with E-state index in [1.807, 2.05) is 43.4 Å². The Kier molecular flexibility index (Phi) is 3.71. The van der Waals surface area contributed by atoms with E-state index in [2.05, 4.69) is 20.9 Å². The van der Waals surface area contributed by atoms with Crippen molar-refractivity contribution in [3.63, 3.8) is 0 Å². The summed E-state index contributed by atoms with van der Waals surface area (Å²) in [5.74, 6) is 1.72. The fourth-order valence-corrected chi connectivity index (χ4v) is 2.48. The van der Waals surface area contributed by atoms with E-state index in [9.17, 15) is 0 Å². The summed E-state index contributed by atoms with van der Waals surface area (Å²) in [4.78, 5) is 4.63. The van der Waals surface area contributed by atoms with Gasteiger partial charge in [-0.05, 0) is 24.3 Å². The number of imidazole rings is 1. The molecule has 0 fully saturated rings. The Hall–Kier alpha value is -2.20. The van der Waals surface area contributed by atoms with E-state index in [0.717, 1.165) is 28.3 Å². The molecule has 0 bridgehead atoms. The Labute approximate surface area is 128 Å². The van der Waals surface area contributed by atoms with Crippen LogP contribution >= 0.6 is 11.6 Å². The molecule has 5 heteroatoms. The maximum absolute atomic E-state index is 6.19. The summed E-state index contributed by atoms with van der Waals surface area (Å²) in [5.41, 5.74) is 2.95. The average Bonchev–Trinajstić information content (AvgIpc) is 2.83. The third-order valence-electron chi connectivity index (χ3n) is 3.49. The average molecular weight is 302 g/mol. The van der Waals surface area contributed by atoms with Crippen LogP contribution in [0.1, 0.15) is 5.82 Å². The number of halogens is 1. The molecule has 3 rings (SSSR count). The fraction of sp³-hybridized carbons (Fsp3) is 0.188. The first kappa shape index (κ1) is 13.8. The summed E-state index contributed by atoms with van der Waals surface area (Å²) in [6.07, 6.45) is 0. The van der Waals surface area contributed by atoms with Crippen molar-refractivity contribution in [2.24, 2.45) is 7.05 Å². The molecule has 3 aromatic rings. The van der Waals surface area contributed by atoms with Gasteiger partial charge in [0.25, 0.3) is 0 Å². The molecule has 1 heterocycles. The third-order valence-corrected chi connectivity index (χ3v) is 3.82. The highest BCUT2D eigenvalue weighted by Crippen LogP contribution is 2.27. The van der Waals surface area contributed by atoms with Gasteiger partial charge in [-0.15, -0.1) is 0 Å². The van der Waals surface area contributed by atoms with Crippen LogP contribution in [0.4, 0.5) is 5.69 Å². The lowest BCUT2D eigenvalue weighted by atomic mass is 10.3. The Morgan fingerprint density at radius 1 is 1.24 bits per heavy atom. The molecule has 21 heavy (non-hydrogen) atoms. The number of nitrogens with zero attached hydrogens (tertiary/aromatic N) is 2. The van der Waals surface area contributed by atoms with Crippen LogP contribution in [-0.2, 0) is 13.6 Å². The molecule has 0 aliphatic heterocycles. The molecule has 0 radical (unpaired) electrons. The van der Waals surface area contributed by atoms with E-state index in [-0.39, 0.29) is 0 Å². The van der Waals surface area contributed by atoms with Crippen molar-refractivity contribution < 1.29 is 4.74 Å². The van der Waals surface area contributed by atoms with E-state index in [4.69, 9.17) is 16.3 Å². The van der Waals surface area contributed by atoms with Gasteiger partial charge in [-0.25, -0.2) is 4.98 Å². The summed E-state index contributed by atoms with van der Waals surface area (Å²) >= 11 is 6.19. The smallest absolute Gasteiger partial charge is 0.128 e. The lowest BCUT2D eigenvalue weighted by Crippen LogP contribution is -2.06. The van der Waals surface area contributed by atoms with Crippen LogP contribution in [0.25, 0.3) is 11.0 Å². The minimum atomic E-state index is 0.595. The maximum atomic E-state index is 6.19. The van der Waals surface area contributed by atoms with Crippen LogP contribution < -0.4 is 10.1 Å². The number of aryl methyl sites for hydroxylation is 1. The molecule has 0 saturated heterocycles. The topological polar surface area (TPSA) is 39.1 Å². The van der Waals surface area contributed by atoms with Crippen LogP contribution in [0.3, 0.4) is 0 Å². The quantitative estimate of drug-likeness (QED) is 0.795. The zero-order valence-electron chi connectivity index (χ0n) is 11.9. The number of para-hydroxylation sites is 2. The largest absolute Gasteiger partial charge is 0.497 e. The van der Waals surface area contributed by atoms with Gasteiger partial charge in [0.2, 0.25) is 0 Å². The predicted molar refractivity (Wildman–Crippen MR) is 86.0 cm³/mol. The third kappa shape index (κ3) is 2.67. The van der Waals surface area contributed by atoms with Gasteiger partial charge in [-0.2, -0.15) is 0 Å². The van der Waals surface area contributed by atoms with E-state index in [0.29, 0.717) is 11.6 Å². The standard InChI is InChI=1S/C16H16ClN3O/c1-20-15-6-4-3-5-13(15)19-16(20)10-18-14-9-11(21-2)7-8-12(14)17/h3-9,18H,10H2,1-2H3. The van der Waals surface area contributed by atoms with E-state index < -0.39 is 0 Å². The molecule has 4 nitrogen and oxygen atoms in total. The summed E-state index contributed by atoms with van der Waals surface area (Å²) in [6.45, 7) is 0.595. The zero-order chi connectivity index (χ0) is 14.8. The molecular formula is C16H16ClN3O. The number of anilines is 1. The fourth-order valence-electron chi connectivity index (χ4n) is 2.29. The van der Waals surface area contributed by atoms with E-state index in [1.54, 1.807) is 7.11 Å². The van der Waals surface area contributed by atoms with Gasteiger partial charge >= 0.3 is 0 Å². The van der Waals surface area contributed by atoms with Crippen LogP contribution in [0.15, 0.2) is 42.5 Å². The van der Waals surface area contributed by atoms with Crippen molar-refractivity contribution in [2.75, 3.05) is 12.4 Å². The molecule has 0 aliphatic carbocycles. The molecule has 0 spiro atoms. The SMILES string of the molecule is COc1ccc(Cl)c(NCc2nc3ccccc3n2C)c1. The van der Waals surface area contributed by atoms with Gasteiger partial charge in [-0.1, -0.05) is 23.7 Å². The maximum Gasteiger partial charge on any atom is 0.128 e. The summed E-state index contributed by atoms with van der Waals surface area (Å²) in [5, 5.41) is 3.97. The monoisotopic (exact) mass is 301 g/mol. The highest BCUT2D eigenvalue weighted by atomic mass is 35.5. The van der Waals surface area contributed by atoms with Crippen molar-refractivity contribution in [3.05, 3.63) is 53.3 Å². The second-order valence-electron chi connectivity index (χ2n) is 4.78. The summed E-state index contributed by atoms with van der Waals surface area (Å²) in [6, 6.07) is 13.6. The van der Waals surface area contributed by atoms with Crippen molar-refractivity contribution in [2.45, 2.75) is 6.54 Å². The molecule has 2 aromatic carbocycles.